The SMILES string of the molecule is O=C(Nc1ccc2nc(-c3ccccc3Cl)[nH]c2c1)c1ccc(N2C(=O)CCC2=O)cc1. The zero-order valence-corrected chi connectivity index (χ0v) is 17.5. The summed E-state index contributed by atoms with van der Waals surface area (Å²) >= 11 is 6.27. The van der Waals surface area contributed by atoms with Crippen molar-refractivity contribution in [2.45, 2.75) is 12.8 Å². The largest absolute Gasteiger partial charge is 0.338 e. The van der Waals surface area contributed by atoms with Crippen LogP contribution in [-0.4, -0.2) is 27.7 Å². The fourth-order valence-electron chi connectivity index (χ4n) is 3.70. The first kappa shape index (κ1) is 20.0. The van der Waals surface area contributed by atoms with E-state index in [-0.39, 0.29) is 30.6 Å². The van der Waals surface area contributed by atoms with E-state index in [4.69, 9.17) is 11.6 Å². The lowest BCUT2D eigenvalue weighted by atomic mass is 10.1. The standard InChI is InChI=1S/C24H17ClN4O3/c25-18-4-2-1-3-17(18)23-27-19-10-7-15(13-20(19)28-23)26-24(32)14-5-8-16(9-6-14)29-21(30)11-12-22(29)31/h1-10,13H,11-12H2,(H,26,32)(H,27,28). The molecule has 0 atom stereocenters. The highest BCUT2D eigenvalue weighted by Crippen LogP contribution is 2.28. The van der Waals surface area contributed by atoms with Crippen LogP contribution in [0.15, 0.2) is 66.7 Å². The second-order valence-corrected chi connectivity index (χ2v) is 7.83. The van der Waals surface area contributed by atoms with E-state index in [2.05, 4.69) is 15.3 Å². The number of rotatable bonds is 4. The summed E-state index contributed by atoms with van der Waals surface area (Å²) in [6.45, 7) is 0. The number of halogens is 1. The molecule has 2 N–H and O–H groups in total. The molecular weight excluding hydrogens is 428 g/mol. The van der Waals surface area contributed by atoms with E-state index in [0.29, 0.717) is 27.8 Å². The molecule has 0 unspecified atom stereocenters. The lowest BCUT2D eigenvalue weighted by Gasteiger charge is -2.14. The number of carbonyl (C=O) groups is 3. The average molecular weight is 445 g/mol. The third-order valence-electron chi connectivity index (χ3n) is 5.31. The number of H-pyrrole nitrogens is 1. The molecule has 1 fully saturated rings. The van der Waals surface area contributed by atoms with Crippen molar-refractivity contribution in [3.63, 3.8) is 0 Å². The number of aromatic amines is 1. The van der Waals surface area contributed by atoms with Crippen molar-refractivity contribution in [1.29, 1.82) is 0 Å². The molecule has 4 aromatic rings. The Morgan fingerprint density at radius 3 is 2.41 bits per heavy atom. The number of imidazole rings is 1. The molecule has 3 amide bonds. The van der Waals surface area contributed by atoms with E-state index in [1.165, 1.54) is 0 Å². The van der Waals surface area contributed by atoms with Crippen LogP contribution in [0.25, 0.3) is 22.4 Å². The maximum atomic E-state index is 12.7. The van der Waals surface area contributed by atoms with Gasteiger partial charge in [0.15, 0.2) is 0 Å². The molecule has 1 aromatic heterocycles. The molecule has 5 rings (SSSR count). The zero-order chi connectivity index (χ0) is 22.2. The molecule has 0 saturated carbocycles. The minimum atomic E-state index is -0.305. The lowest BCUT2D eigenvalue weighted by molar-refractivity contribution is -0.121. The molecule has 2 heterocycles. The zero-order valence-electron chi connectivity index (χ0n) is 16.8. The van der Waals surface area contributed by atoms with Gasteiger partial charge in [0.1, 0.15) is 5.82 Å². The molecule has 158 valence electrons. The van der Waals surface area contributed by atoms with E-state index < -0.39 is 0 Å². The van der Waals surface area contributed by atoms with Crippen LogP contribution >= 0.6 is 11.6 Å². The molecule has 8 heteroatoms. The number of carbonyl (C=O) groups excluding carboxylic acids is 3. The van der Waals surface area contributed by atoms with Gasteiger partial charge in [-0.2, -0.15) is 0 Å². The number of hydrogen-bond donors (Lipinski definition) is 2. The summed E-state index contributed by atoms with van der Waals surface area (Å²) in [5, 5.41) is 3.46. The summed E-state index contributed by atoms with van der Waals surface area (Å²) in [6.07, 6.45) is 0.435. The van der Waals surface area contributed by atoms with Crippen molar-refractivity contribution in [1.82, 2.24) is 9.97 Å². The van der Waals surface area contributed by atoms with E-state index in [9.17, 15) is 14.4 Å². The van der Waals surface area contributed by atoms with Gasteiger partial charge in [-0.15, -0.1) is 0 Å². The van der Waals surface area contributed by atoms with Crippen molar-refractivity contribution in [3.05, 3.63) is 77.3 Å². The maximum absolute atomic E-state index is 12.7. The first-order valence-electron chi connectivity index (χ1n) is 10.0. The number of benzene rings is 3. The molecule has 0 bridgehead atoms. The molecule has 3 aromatic carbocycles. The third-order valence-corrected chi connectivity index (χ3v) is 5.64. The summed E-state index contributed by atoms with van der Waals surface area (Å²) in [5.41, 5.74) is 3.80. The minimum absolute atomic E-state index is 0.218. The normalized spacial score (nSPS) is 13.7. The van der Waals surface area contributed by atoms with Crippen LogP contribution in [0.2, 0.25) is 5.02 Å². The number of nitrogens with zero attached hydrogens (tertiary/aromatic N) is 2. The number of anilines is 2. The maximum Gasteiger partial charge on any atom is 0.255 e. The predicted molar refractivity (Wildman–Crippen MR) is 123 cm³/mol. The van der Waals surface area contributed by atoms with E-state index in [1.54, 1.807) is 42.5 Å². The highest BCUT2D eigenvalue weighted by Gasteiger charge is 2.30. The van der Waals surface area contributed by atoms with Crippen molar-refractivity contribution < 1.29 is 14.4 Å². The summed E-state index contributed by atoms with van der Waals surface area (Å²) in [4.78, 5) is 45.4. The third kappa shape index (κ3) is 3.63. The monoisotopic (exact) mass is 444 g/mol. The minimum Gasteiger partial charge on any atom is -0.338 e. The van der Waals surface area contributed by atoms with E-state index in [1.807, 2.05) is 24.3 Å². The summed E-state index contributed by atoms with van der Waals surface area (Å²) in [6, 6.07) is 19.2. The Labute approximate surface area is 188 Å². The van der Waals surface area contributed by atoms with Gasteiger partial charge in [-0.05, 0) is 54.6 Å². The number of nitrogens with one attached hydrogen (secondary N) is 2. The number of imide groups is 1. The molecule has 1 aliphatic rings. The Kier molecular flexibility index (Phi) is 4.95. The Hall–Kier alpha value is -3.97. The molecule has 1 saturated heterocycles. The quantitative estimate of drug-likeness (QED) is 0.442. The van der Waals surface area contributed by atoms with Gasteiger partial charge in [0.05, 0.1) is 21.7 Å². The van der Waals surface area contributed by atoms with Crippen molar-refractivity contribution in [3.8, 4) is 11.4 Å². The smallest absolute Gasteiger partial charge is 0.255 e. The molecular formula is C24H17ClN4O3. The fraction of sp³-hybridized carbons (Fsp3) is 0.0833. The Bertz CT molecular complexity index is 1360. The molecule has 0 spiro atoms. The average Bonchev–Trinajstić information content (AvgIpc) is 3.36. The highest BCUT2D eigenvalue weighted by atomic mass is 35.5. The van der Waals surface area contributed by atoms with Crippen LogP contribution < -0.4 is 10.2 Å². The number of amides is 3. The second kappa shape index (κ2) is 7.94. The fourth-order valence-corrected chi connectivity index (χ4v) is 3.92. The Morgan fingerprint density at radius 1 is 0.969 bits per heavy atom. The van der Waals surface area contributed by atoms with Gasteiger partial charge in [0.25, 0.3) is 5.91 Å². The Morgan fingerprint density at radius 2 is 1.69 bits per heavy atom. The predicted octanol–water partition coefficient (Wildman–Crippen LogP) is 4.79. The molecule has 32 heavy (non-hydrogen) atoms. The number of hydrogen-bond acceptors (Lipinski definition) is 4. The van der Waals surface area contributed by atoms with Gasteiger partial charge in [0, 0.05) is 29.7 Å². The summed E-state index contributed by atoms with van der Waals surface area (Å²) < 4.78 is 0. The van der Waals surface area contributed by atoms with Crippen LogP contribution in [0.4, 0.5) is 11.4 Å². The van der Waals surface area contributed by atoms with Gasteiger partial charge in [0.2, 0.25) is 11.8 Å². The number of aromatic nitrogens is 2. The van der Waals surface area contributed by atoms with Gasteiger partial charge >= 0.3 is 0 Å². The van der Waals surface area contributed by atoms with Gasteiger partial charge in [-0.3, -0.25) is 19.3 Å². The van der Waals surface area contributed by atoms with Crippen LogP contribution in [0.3, 0.4) is 0 Å². The van der Waals surface area contributed by atoms with Gasteiger partial charge in [-0.1, -0.05) is 23.7 Å². The molecule has 0 radical (unpaired) electrons. The first-order valence-corrected chi connectivity index (χ1v) is 10.4. The molecule has 1 aliphatic heterocycles. The van der Waals surface area contributed by atoms with Crippen molar-refractivity contribution >= 4 is 51.7 Å². The molecule has 0 aliphatic carbocycles. The summed E-state index contributed by atoms with van der Waals surface area (Å²) in [7, 11) is 0. The number of fused-ring (bicyclic) bond motifs is 1. The van der Waals surface area contributed by atoms with E-state index >= 15 is 0 Å². The molecule has 7 nitrogen and oxygen atoms in total. The van der Waals surface area contributed by atoms with E-state index in [0.717, 1.165) is 21.5 Å². The topological polar surface area (TPSA) is 95.2 Å². The van der Waals surface area contributed by atoms with Crippen molar-refractivity contribution in [2.24, 2.45) is 0 Å². The highest BCUT2D eigenvalue weighted by molar-refractivity contribution is 6.33. The van der Waals surface area contributed by atoms with Crippen LogP contribution in [0, 0.1) is 0 Å². The second-order valence-electron chi connectivity index (χ2n) is 7.42. The van der Waals surface area contributed by atoms with Crippen molar-refractivity contribution in [2.75, 3.05) is 10.2 Å². The van der Waals surface area contributed by atoms with Crippen LogP contribution in [-0.2, 0) is 9.59 Å². The van der Waals surface area contributed by atoms with Gasteiger partial charge in [-0.25, -0.2) is 4.98 Å². The summed E-state index contributed by atoms with van der Waals surface area (Å²) in [5.74, 6) is -0.107. The Balaban J connectivity index is 1.35. The lowest BCUT2D eigenvalue weighted by Crippen LogP contribution is -2.28. The van der Waals surface area contributed by atoms with Crippen LogP contribution in [0.5, 0.6) is 0 Å². The van der Waals surface area contributed by atoms with Crippen LogP contribution in [0.1, 0.15) is 23.2 Å². The van der Waals surface area contributed by atoms with Gasteiger partial charge < -0.3 is 10.3 Å². The first-order chi connectivity index (χ1) is 15.5.